The molecule has 0 spiro atoms. The molecular weight excluding hydrogens is 462 g/mol. The number of H-pyrrole nitrogens is 1. The van der Waals surface area contributed by atoms with Gasteiger partial charge in [-0.25, -0.2) is 13.4 Å². The van der Waals surface area contributed by atoms with Crippen molar-refractivity contribution in [3.63, 3.8) is 0 Å². The molecule has 1 saturated heterocycles. The summed E-state index contributed by atoms with van der Waals surface area (Å²) < 4.78 is 23.2. The number of sulfone groups is 1. The number of nitrogens with one attached hydrogen (secondary N) is 3. The number of fused-ring (bicyclic) bond motifs is 1. The summed E-state index contributed by atoms with van der Waals surface area (Å²) in [6, 6.07) is 5.33. The molecule has 0 atom stereocenters. The fraction of sp³-hybridized carbons (Fsp3) is 0.409. The first-order chi connectivity index (χ1) is 15.7. The molecule has 3 N–H and O–H groups in total. The van der Waals surface area contributed by atoms with Crippen molar-refractivity contribution in [3.8, 4) is 10.4 Å². The molecule has 0 radical (unpaired) electrons. The molecular formula is C22H27N5O4S2. The van der Waals surface area contributed by atoms with Gasteiger partial charge in [-0.1, -0.05) is 0 Å². The van der Waals surface area contributed by atoms with E-state index in [0.29, 0.717) is 31.7 Å². The maximum absolute atomic E-state index is 13.0. The molecule has 4 heterocycles. The lowest BCUT2D eigenvalue weighted by molar-refractivity contribution is 0.0949. The molecule has 1 aliphatic rings. The number of aromatic nitrogens is 2. The van der Waals surface area contributed by atoms with Crippen LogP contribution in [0.15, 0.2) is 35.4 Å². The maximum Gasteiger partial charge on any atom is 0.255 e. The first-order valence-corrected chi connectivity index (χ1v) is 13.4. The molecule has 1 fully saturated rings. The zero-order valence-corrected chi connectivity index (χ0v) is 20.2. The number of anilines is 1. The second-order valence-corrected chi connectivity index (χ2v) is 11.7. The molecule has 11 heteroatoms. The van der Waals surface area contributed by atoms with Gasteiger partial charge in [0.05, 0.1) is 22.8 Å². The predicted octanol–water partition coefficient (Wildman–Crippen LogP) is 1.93. The predicted molar refractivity (Wildman–Crippen MR) is 132 cm³/mol. The Kier molecular flexibility index (Phi) is 6.82. The molecule has 0 saturated carbocycles. The molecule has 1 aliphatic heterocycles. The van der Waals surface area contributed by atoms with Gasteiger partial charge in [0.1, 0.15) is 4.83 Å². The van der Waals surface area contributed by atoms with Crippen LogP contribution in [0.1, 0.15) is 24.2 Å². The Morgan fingerprint density at radius 2 is 2.03 bits per heavy atom. The third-order valence-electron chi connectivity index (χ3n) is 5.46. The van der Waals surface area contributed by atoms with E-state index in [1.54, 1.807) is 18.5 Å². The van der Waals surface area contributed by atoms with Crippen molar-refractivity contribution in [2.45, 2.75) is 19.9 Å². The van der Waals surface area contributed by atoms with E-state index < -0.39 is 9.84 Å². The van der Waals surface area contributed by atoms with Gasteiger partial charge in [-0.3, -0.25) is 14.5 Å². The first kappa shape index (κ1) is 23.4. The number of rotatable bonds is 7. The highest BCUT2D eigenvalue weighted by atomic mass is 32.2. The summed E-state index contributed by atoms with van der Waals surface area (Å²) in [5.41, 5.74) is 1.90. The Balaban J connectivity index is 1.54. The standard InChI is InChI=1S/C22H27N5O4S2/c1-14(2)26-20-16-11-18(15-3-4-19(28)24-12-15)32-22(16)25-13-17(20)21(29)23-5-6-27-7-9-33(30,31)10-8-27/h3-4,11-14H,5-10H2,1-2H3,(H,23,29)(H,24,28)(H,25,26). The Bertz CT molecular complexity index is 1300. The number of carbonyl (C=O) groups excluding carboxylic acids is 1. The van der Waals surface area contributed by atoms with Crippen LogP contribution in [0.25, 0.3) is 20.7 Å². The number of thiophene rings is 1. The van der Waals surface area contributed by atoms with Gasteiger partial charge in [-0.2, -0.15) is 0 Å². The second-order valence-electron chi connectivity index (χ2n) is 8.37. The van der Waals surface area contributed by atoms with Gasteiger partial charge in [-0.15, -0.1) is 11.3 Å². The van der Waals surface area contributed by atoms with Crippen molar-refractivity contribution in [1.29, 1.82) is 0 Å². The van der Waals surface area contributed by atoms with Crippen molar-refractivity contribution >= 4 is 43.0 Å². The monoisotopic (exact) mass is 489 g/mol. The number of hydrogen-bond donors (Lipinski definition) is 3. The number of carbonyl (C=O) groups is 1. The van der Waals surface area contributed by atoms with E-state index in [2.05, 4.69) is 20.6 Å². The lowest BCUT2D eigenvalue weighted by Gasteiger charge is -2.26. The van der Waals surface area contributed by atoms with E-state index >= 15 is 0 Å². The zero-order valence-electron chi connectivity index (χ0n) is 18.6. The van der Waals surface area contributed by atoms with Crippen LogP contribution in [-0.4, -0.2) is 72.9 Å². The molecule has 9 nitrogen and oxygen atoms in total. The van der Waals surface area contributed by atoms with E-state index in [4.69, 9.17) is 0 Å². The quantitative estimate of drug-likeness (QED) is 0.463. The topological polar surface area (TPSA) is 124 Å². The Morgan fingerprint density at radius 1 is 1.27 bits per heavy atom. The molecule has 0 aliphatic carbocycles. The van der Waals surface area contributed by atoms with Gasteiger partial charge in [0.2, 0.25) is 5.56 Å². The van der Waals surface area contributed by atoms with E-state index in [1.807, 2.05) is 24.8 Å². The highest BCUT2D eigenvalue weighted by Crippen LogP contribution is 2.37. The van der Waals surface area contributed by atoms with Crippen molar-refractivity contribution in [3.05, 3.63) is 46.5 Å². The summed E-state index contributed by atoms with van der Waals surface area (Å²) >= 11 is 1.49. The molecule has 3 aromatic heterocycles. The van der Waals surface area contributed by atoms with Crippen molar-refractivity contribution < 1.29 is 13.2 Å². The van der Waals surface area contributed by atoms with Crippen LogP contribution in [-0.2, 0) is 9.84 Å². The van der Waals surface area contributed by atoms with Crippen molar-refractivity contribution in [2.24, 2.45) is 0 Å². The van der Waals surface area contributed by atoms with Crippen LogP contribution in [0.2, 0.25) is 0 Å². The van der Waals surface area contributed by atoms with E-state index in [9.17, 15) is 18.0 Å². The molecule has 176 valence electrons. The molecule has 1 amide bonds. The smallest absolute Gasteiger partial charge is 0.255 e. The van der Waals surface area contributed by atoms with Crippen molar-refractivity contribution in [2.75, 3.05) is 43.0 Å². The second kappa shape index (κ2) is 9.62. The fourth-order valence-electron chi connectivity index (χ4n) is 3.71. The highest BCUT2D eigenvalue weighted by Gasteiger charge is 2.22. The zero-order chi connectivity index (χ0) is 23.6. The summed E-state index contributed by atoms with van der Waals surface area (Å²) in [5, 5.41) is 7.19. The van der Waals surface area contributed by atoms with Crippen LogP contribution >= 0.6 is 11.3 Å². The summed E-state index contributed by atoms with van der Waals surface area (Å²) in [5.74, 6) is 0.105. The van der Waals surface area contributed by atoms with Crippen LogP contribution in [0.3, 0.4) is 0 Å². The Labute approximate surface area is 196 Å². The molecule has 4 rings (SSSR count). The van der Waals surface area contributed by atoms with Crippen LogP contribution in [0.5, 0.6) is 0 Å². The van der Waals surface area contributed by atoms with Gasteiger partial charge < -0.3 is 15.6 Å². The third-order valence-corrected chi connectivity index (χ3v) is 8.16. The molecule has 33 heavy (non-hydrogen) atoms. The van der Waals surface area contributed by atoms with Gasteiger partial charge in [-0.05, 0) is 26.0 Å². The minimum absolute atomic E-state index is 0.105. The highest BCUT2D eigenvalue weighted by molar-refractivity contribution is 7.91. The summed E-state index contributed by atoms with van der Waals surface area (Å²) in [6.45, 7) is 6.02. The van der Waals surface area contributed by atoms with E-state index in [-0.39, 0.29) is 29.0 Å². The molecule has 0 unspecified atom stereocenters. The van der Waals surface area contributed by atoms with Gasteiger partial charge >= 0.3 is 0 Å². The fourth-order valence-corrected chi connectivity index (χ4v) is 5.99. The lowest BCUT2D eigenvalue weighted by atomic mass is 10.1. The van der Waals surface area contributed by atoms with E-state index in [0.717, 1.165) is 26.3 Å². The number of aromatic amines is 1. The van der Waals surface area contributed by atoms with Crippen LogP contribution in [0.4, 0.5) is 5.69 Å². The largest absolute Gasteiger partial charge is 0.382 e. The maximum atomic E-state index is 13.0. The number of nitrogens with zero attached hydrogens (tertiary/aromatic N) is 2. The van der Waals surface area contributed by atoms with Crippen LogP contribution < -0.4 is 16.2 Å². The molecule has 0 bridgehead atoms. The van der Waals surface area contributed by atoms with Crippen LogP contribution in [0, 0.1) is 0 Å². The van der Waals surface area contributed by atoms with Gasteiger partial charge in [0.15, 0.2) is 9.84 Å². The number of amides is 1. The summed E-state index contributed by atoms with van der Waals surface area (Å²) in [4.78, 5) is 35.4. The van der Waals surface area contributed by atoms with E-state index in [1.165, 1.54) is 17.4 Å². The lowest BCUT2D eigenvalue weighted by Crippen LogP contribution is -2.43. The average molecular weight is 490 g/mol. The summed E-state index contributed by atoms with van der Waals surface area (Å²) in [7, 11) is -2.92. The minimum atomic E-state index is -2.92. The van der Waals surface area contributed by atoms with Crippen molar-refractivity contribution in [1.82, 2.24) is 20.2 Å². The summed E-state index contributed by atoms with van der Waals surface area (Å²) in [6.07, 6.45) is 3.26. The normalized spacial score (nSPS) is 16.2. The Hall–Kier alpha value is -2.76. The molecule has 3 aromatic rings. The Morgan fingerprint density at radius 3 is 2.70 bits per heavy atom. The minimum Gasteiger partial charge on any atom is -0.382 e. The number of hydrogen-bond acceptors (Lipinski definition) is 8. The molecule has 0 aromatic carbocycles. The average Bonchev–Trinajstić information content (AvgIpc) is 3.20. The third kappa shape index (κ3) is 5.60. The van der Waals surface area contributed by atoms with Gasteiger partial charge in [0.25, 0.3) is 5.91 Å². The SMILES string of the molecule is CC(C)Nc1c(C(=O)NCCN2CCS(=O)(=O)CC2)cnc2sc(-c3ccc(=O)[nH]c3)cc12. The first-order valence-electron chi connectivity index (χ1n) is 10.8. The number of pyridine rings is 2. The van der Waals surface area contributed by atoms with Gasteiger partial charge in [0, 0.05) is 66.5 Å².